The summed E-state index contributed by atoms with van der Waals surface area (Å²) < 4.78 is 0. The van der Waals surface area contributed by atoms with Crippen LogP contribution >= 0.6 is 0 Å². The minimum Gasteiger partial charge on any atom is -0.317 e. The summed E-state index contributed by atoms with van der Waals surface area (Å²) in [6.45, 7) is 4.42. The van der Waals surface area contributed by atoms with Crippen LogP contribution in [0.4, 0.5) is 0 Å². The average Bonchev–Trinajstić information content (AvgIpc) is 1.98. The van der Waals surface area contributed by atoms with Gasteiger partial charge in [-0.05, 0) is 26.8 Å². The predicted octanol–water partition coefficient (Wildman–Crippen LogP) is 2.38. The predicted molar refractivity (Wildman–Crippen MR) is 47.0 cm³/mol. The van der Waals surface area contributed by atoms with E-state index in [2.05, 4.69) is 25.6 Å². The summed E-state index contributed by atoms with van der Waals surface area (Å²) in [5.41, 5.74) is 0. The molecule has 0 aromatic heterocycles. The van der Waals surface area contributed by atoms with Gasteiger partial charge in [0.05, 0.1) is 0 Å². The van der Waals surface area contributed by atoms with Gasteiger partial charge in [-0.2, -0.15) is 0 Å². The number of rotatable bonds is 6. The van der Waals surface area contributed by atoms with E-state index in [1.165, 1.54) is 25.7 Å². The summed E-state index contributed by atoms with van der Waals surface area (Å²) in [4.78, 5) is 0. The van der Waals surface area contributed by atoms with Crippen LogP contribution in [0.1, 0.15) is 39.5 Å². The minimum absolute atomic E-state index is 0.580. The molecule has 0 spiro atoms. The first kappa shape index (κ1) is 9.96. The van der Waals surface area contributed by atoms with Gasteiger partial charge in [-0.1, -0.05) is 26.2 Å². The Hall–Kier alpha value is -0.0400. The van der Waals surface area contributed by atoms with Gasteiger partial charge in [0.1, 0.15) is 0 Å². The van der Waals surface area contributed by atoms with Gasteiger partial charge in [-0.3, -0.25) is 0 Å². The molecule has 0 aliphatic carbocycles. The van der Waals surface area contributed by atoms with Gasteiger partial charge in [0.15, 0.2) is 0 Å². The SMILES string of the molecule is CCCCC[CH]C(C)NC. The van der Waals surface area contributed by atoms with Crippen molar-refractivity contribution < 1.29 is 0 Å². The Morgan fingerprint density at radius 2 is 2.10 bits per heavy atom. The molecule has 0 aromatic carbocycles. The van der Waals surface area contributed by atoms with Crippen molar-refractivity contribution in [3.8, 4) is 0 Å². The topological polar surface area (TPSA) is 12.0 Å². The fourth-order valence-electron chi connectivity index (χ4n) is 0.880. The van der Waals surface area contributed by atoms with Crippen molar-refractivity contribution in [3.63, 3.8) is 0 Å². The maximum Gasteiger partial charge on any atom is 0.00672 e. The molecule has 0 heterocycles. The van der Waals surface area contributed by atoms with Crippen molar-refractivity contribution >= 4 is 0 Å². The van der Waals surface area contributed by atoms with Gasteiger partial charge in [0.25, 0.3) is 0 Å². The zero-order valence-corrected chi connectivity index (χ0v) is 7.48. The van der Waals surface area contributed by atoms with Gasteiger partial charge in [0.2, 0.25) is 0 Å². The van der Waals surface area contributed by atoms with Crippen LogP contribution in [-0.4, -0.2) is 13.1 Å². The van der Waals surface area contributed by atoms with Crippen LogP contribution in [0, 0.1) is 6.42 Å². The summed E-state index contributed by atoms with van der Waals surface area (Å²) in [6, 6.07) is 0.580. The third-order valence-electron chi connectivity index (χ3n) is 1.78. The summed E-state index contributed by atoms with van der Waals surface area (Å²) >= 11 is 0. The van der Waals surface area contributed by atoms with E-state index in [1.807, 2.05) is 7.05 Å². The summed E-state index contributed by atoms with van der Waals surface area (Å²) in [5, 5.41) is 3.19. The molecule has 0 aliphatic heterocycles. The smallest absolute Gasteiger partial charge is 0.00672 e. The number of nitrogens with one attached hydrogen (secondary N) is 1. The zero-order chi connectivity index (χ0) is 7.82. The molecule has 0 amide bonds. The van der Waals surface area contributed by atoms with Gasteiger partial charge in [0, 0.05) is 6.04 Å². The van der Waals surface area contributed by atoms with Gasteiger partial charge in [-0.25, -0.2) is 0 Å². The van der Waals surface area contributed by atoms with Crippen LogP contribution in [0.5, 0.6) is 0 Å². The molecular weight excluding hydrogens is 122 g/mol. The third kappa shape index (κ3) is 6.09. The monoisotopic (exact) mass is 142 g/mol. The van der Waals surface area contributed by atoms with Crippen molar-refractivity contribution in [2.45, 2.75) is 45.6 Å². The highest BCUT2D eigenvalue weighted by Crippen LogP contribution is 2.03. The van der Waals surface area contributed by atoms with Crippen LogP contribution < -0.4 is 5.32 Å². The van der Waals surface area contributed by atoms with E-state index in [0.717, 1.165) is 0 Å². The molecule has 10 heavy (non-hydrogen) atoms. The Morgan fingerprint density at radius 1 is 1.40 bits per heavy atom. The Balaban J connectivity index is 2.89. The normalized spacial score (nSPS) is 13.5. The van der Waals surface area contributed by atoms with Crippen molar-refractivity contribution in [1.29, 1.82) is 0 Å². The van der Waals surface area contributed by atoms with E-state index in [0.29, 0.717) is 6.04 Å². The summed E-state index contributed by atoms with van der Waals surface area (Å²) in [6.07, 6.45) is 7.64. The quantitative estimate of drug-likeness (QED) is 0.561. The molecule has 0 bridgehead atoms. The maximum atomic E-state index is 3.19. The molecule has 0 fully saturated rings. The van der Waals surface area contributed by atoms with E-state index in [9.17, 15) is 0 Å². The summed E-state index contributed by atoms with van der Waals surface area (Å²) in [5.74, 6) is 0. The minimum atomic E-state index is 0.580. The Labute approximate surface area is 65.2 Å². The lowest BCUT2D eigenvalue weighted by Gasteiger charge is -2.07. The van der Waals surface area contributed by atoms with E-state index in [4.69, 9.17) is 0 Å². The molecule has 0 saturated heterocycles. The van der Waals surface area contributed by atoms with E-state index >= 15 is 0 Å². The lowest BCUT2D eigenvalue weighted by atomic mass is 10.1. The molecule has 61 valence electrons. The standard InChI is InChI=1S/C9H20N/c1-4-5-6-7-8-9(2)10-3/h8-10H,4-7H2,1-3H3. The first-order valence-electron chi connectivity index (χ1n) is 4.31. The highest BCUT2D eigenvalue weighted by Gasteiger charge is 1.96. The lowest BCUT2D eigenvalue weighted by molar-refractivity contribution is 0.619. The molecule has 1 N–H and O–H groups in total. The molecule has 1 radical (unpaired) electrons. The lowest BCUT2D eigenvalue weighted by Crippen LogP contribution is -2.21. The molecule has 1 atom stereocenters. The van der Waals surface area contributed by atoms with Crippen LogP contribution in [0.25, 0.3) is 0 Å². The molecule has 0 saturated carbocycles. The number of unbranched alkanes of at least 4 members (excludes halogenated alkanes) is 3. The maximum absolute atomic E-state index is 3.19. The Morgan fingerprint density at radius 3 is 2.60 bits per heavy atom. The van der Waals surface area contributed by atoms with Gasteiger partial charge in [-0.15, -0.1) is 0 Å². The van der Waals surface area contributed by atoms with Crippen molar-refractivity contribution in [2.24, 2.45) is 0 Å². The van der Waals surface area contributed by atoms with E-state index < -0.39 is 0 Å². The zero-order valence-electron chi connectivity index (χ0n) is 7.48. The molecular formula is C9H20N. The molecule has 1 unspecified atom stereocenters. The second-order valence-electron chi connectivity index (χ2n) is 2.81. The van der Waals surface area contributed by atoms with Gasteiger partial charge < -0.3 is 5.32 Å². The molecule has 1 heteroatoms. The van der Waals surface area contributed by atoms with Crippen molar-refractivity contribution in [3.05, 3.63) is 6.42 Å². The van der Waals surface area contributed by atoms with E-state index in [-0.39, 0.29) is 0 Å². The molecule has 0 aliphatic rings. The first-order chi connectivity index (χ1) is 4.81. The Kier molecular flexibility index (Phi) is 7.04. The first-order valence-corrected chi connectivity index (χ1v) is 4.31. The van der Waals surface area contributed by atoms with E-state index in [1.54, 1.807) is 0 Å². The second kappa shape index (κ2) is 7.07. The van der Waals surface area contributed by atoms with Crippen LogP contribution in [0.2, 0.25) is 0 Å². The second-order valence-corrected chi connectivity index (χ2v) is 2.81. The molecule has 0 aromatic rings. The van der Waals surface area contributed by atoms with Crippen molar-refractivity contribution in [1.82, 2.24) is 5.32 Å². The highest BCUT2D eigenvalue weighted by atomic mass is 14.8. The Bertz CT molecular complexity index is 61.7. The number of hydrogen-bond donors (Lipinski definition) is 1. The van der Waals surface area contributed by atoms with Crippen LogP contribution in [-0.2, 0) is 0 Å². The fourth-order valence-corrected chi connectivity index (χ4v) is 0.880. The average molecular weight is 142 g/mol. The van der Waals surface area contributed by atoms with Gasteiger partial charge >= 0.3 is 0 Å². The van der Waals surface area contributed by atoms with Crippen LogP contribution in [0.15, 0.2) is 0 Å². The molecule has 1 nitrogen and oxygen atoms in total. The van der Waals surface area contributed by atoms with Crippen LogP contribution in [0.3, 0.4) is 0 Å². The largest absolute Gasteiger partial charge is 0.317 e. The van der Waals surface area contributed by atoms with Crippen molar-refractivity contribution in [2.75, 3.05) is 7.05 Å². The fraction of sp³-hybridized carbons (Fsp3) is 0.889. The third-order valence-corrected chi connectivity index (χ3v) is 1.78. The highest BCUT2D eigenvalue weighted by molar-refractivity contribution is 4.76. The summed E-state index contributed by atoms with van der Waals surface area (Å²) in [7, 11) is 2.00. The number of hydrogen-bond acceptors (Lipinski definition) is 1. The molecule has 0 rings (SSSR count).